The molecule has 0 atom stereocenters. The molecule has 3 aromatic carbocycles. The molecule has 3 rings (SSSR count). The monoisotopic (exact) mass is 515 g/mol. The average molecular weight is 516 g/mol. The minimum atomic E-state index is -3.84. The van der Waals surface area contributed by atoms with Crippen LogP contribution in [0, 0.1) is 27.7 Å². The summed E-state index contributed by atoms with van der Waals surface area (Å²) < 4.78 is 54.1. The third kappa shape index (κ3) is 6.61. The van der Waals surface area contributed by atoms with Crippen molar-refractivity contribution < 1.29 is 21.6 Å². The molecule has 10 heteroatoms. The lowest BCUT2D eigenvalue weighted by Crippen LogP contribution is -2.37. The van der Waals surface area contributed by atoms with Crippen molar-refractivity contribution in [2.75, 3.05) is 27.1 Å². The number of amides is 1. The Morgan fingerprint density at radius 3 is 1.89 bits per heavy atom. The standard InChI is InChI=1S/C25H29N3O5S2/c1-17-13-18(2)15-22(14-17)28(34(5,30)31)16-24(29)26-21-9-11-23(12-10-21)35(32,33)27-25-19(3)7-6-8-20(25)4/h6-15,27H,16H2,1-5H3,(H,26,29). The van der Waals surface area contributed by atoms with Crippen molar-refractivity contribution in [1.29, 1.82) is 0 Å². The van der Waals surface area contributed by atoms with E-state index in [9.17, 15) is 21.6 Å². The van der Waals surface area contributed by atoms with Gasteiger partial charge in [-0.25, -0.2) is 16.8 Å². The van der Waals surface area contributed by atoms with Crippen LogP contribution < -0.4 is 14.3 Å². The van der Waals surface area contributed by atoms with Crippen molar-refractivity contribution in [2.45, 2.75) is 32.6 Å². The molecule has 0 heterocycles. The van der Waals surface area contributed by atoms with Gasteiger partial charge in [-0.05, 0) is 86.3 Å². The van der Waals surface area contributed by atoms with Crippen LogP contribution in [0.2, 0.25) is 0 Å². The van der Waals surface area contributed by atoms with E-state index >= 15 is 0 Å². The summed E-state index contributed by atoms with van der Waals surface area (Å²) in [7, 11) is -7.55. The van der Waals surface area contributed by atoms with E-state index in [1.54, 1.807) is 12.1 Å². The predicted molar refractivity (Wildman–Crippen MR) is 140 cm³/mol. The first-order chi connectivity index (χ1) is 16.3. The van der Waals surface area contributed by atoms with Gasteiger partial charge in [0.15, 0.2) is 0 Å². The molecule has 0 fully saturated rings. The van der Waals surface area contributed by atoms with Gasteiger partial charge in [0.25, 0.3) is 10.0 Å². The molecule has 0 bridgehead atoms. The van der Waals surface area contributed by atoms with E-state index in [2.05, 4.69) is 10.0 Å². The second kappa shape index (κ2) is 10.1. The maximum absolute atomic E-state index is 12.8. The van der Waals surface area contributed by atoms with Gasteiger partial charge >= 0.3 is 0 Å². The van der Waals surface area contributed by atoms with Crippen LogP contribution in [0.5, 0.6) is 0 Å². The highest BCUT2D eigenvalue weighted by atomic mass is 32.2. The van der Waals surface area contributed by atoms with Crippen LogP contribution in [-0.4, -0.2) is 35.5 Å². The number of hydrogen-bond acceptors (Lipinski definition) is 5. The smallest absolute Gasteiger partial charge is 0.261 e. The van der Waals surface area contributed by atoms with Gasteiger partial charge in [-0.15, -0.1) is 0 Å². The molecule has 2 N–H and O–H groups in total. The number of para-hydroxylation sites is 1. The number of aryl methyl sites for hydroxylation is 4. The van der Waals surface area contributed by atoms with E-state index in [4.69, 9.17) is 0 Å². The summed E-state index contributed by atoms with van der Waals surface area (Å²) in [6.45, 7) is 6.92. The third-order valence-corrected chi connectivity index (χ3v) is 7.85. The quantitative estimate of drug-likeness (QED) is 0.469. The summed E-state index contributed by atoms with van der Waals surface area (Å²) in [5.74, 6) is -0.557. The molecule has 0 unspecified atom stereocenters. The topological polar surface area (TPSA) is 113 Å². The van der Waals surface area contributed by atoms with Gasteiger partial charge in [-0.1, -0.05) is 24.3 Å². The van der Waals surface area contributed by atoms with Crippen LogP contribution in [0.3, 0.4) is 0 Å². The predicted octanol–water partition coefficient (Wildman–Crippen LogP) is 4.13. The second-order valence-corrected chi connectivity index (χ2v) is 12.1. The van der Waals surface area contributed by atoms with E-state index in [-0.39, 0.29) is 4.90 Å². The number of rotatable bonds is 8. The number of anilines is 3. The zero-order valence-electron chi connectivity index (χ0n) is 20.3. The minimum absolute atomic E-state index is 0.0335. The van der Waals surface area contributed by atoms with Crippen LogP contribution in [0.4, 0.5) is 17.1 Å². The third-order valence-electron chi connectivity index (χ3n) is 5.35. The largest absolute Gasteiger partial charge is 0.325 e. The van der Waals surface area contributed by atoms with Gasteiger partial charge in [0.05, 0.1) is 22.5 Å². The average Bonchev–Trinajstić information content (AvgIpc) is 2.73. The molecule has 0 saturated carbocycles. The Morgan fingerprint density at radius 1 is 0.829 bits per heavy atom. The van der Waals surface area contributed by atoms with Crippen molar-refractivity contribution in [3.8, 4) is 0 Å². The van der Waals surface area contributed by atoms with Gasteiger partial charge in [-0.2, -0.15) is 0 Å². The molecule has 1 amide bonds. The van der Waals surface area contributed by atoms with E-state index < -0.39 is 32.5 Å². The Balaban J connectivity index is 1.75. The zero-order valence-corrected chi connectivity index (χ0v) is 21.9. The first-order valence-electron chi connectivity index (χ1n) is 10.8. The molecular formula is C25H29N3O5S2. The molecule has 8 nitrogen and oxygen atoms in total. The van der Waals surface area contributed by atoms with E-state index in [1.165, 1.54) is 24.3 Å². The maximum atomic E-state index is 12.8. The SMILES string of the molecule is Cc1cc(C)cc(N(CC(=O)Nc2ccc(S(=O)(=O)Nc3c(C)cccc3C)cc2)S(C)(=O)=O)c1. The lowest BCUT2D eigenvalue weighted by Gasteiger charge is -2.23. The summed E-state index contributed by atoms with van der Waals surface area (Å²) in [6, 6.07) is 16.5. The number of carbonyl (C=O) groups is 1. The van der Waals surface area contributed by atoms with Crippen molar-refractivity contribution in [1.82, 2.24) is 0 Å². The first kappa shape index (κ1) is 26.2. The zero-order chi connectivity index (χ0) is 26.0. The highest BCUT2D eigenvalue weighted by Gasteiger charge is 2.22. The Hall–Kier alpha value is -3.37. The number of sulfonamides is 2. The van der Waals surface area contributed by atoms with Crippen LogP contribution in [0.15, 0.2) is 65.6 Å². The lowest BCUT2D eigenvalue weighted by atomic mass is 10.1. The van der Waals surface area contributed by atoms with E-state index in [1.807, 2.05) is 52.0 Å². The van der Waals surface area contributed by atoms with Crippen molar-refractivity contribution >= 4 is 43.0 Å². The Bertz CT molecular complexity index is 1420. The molecule has 0 saturated heterocycles. The van der Waals surface area contributed by atoms with E-state index in [0.29, 0.717) is 17.1 Å². The number of benzene rings is 3. The fraction of sp³-hybridized carbons (Fsp3) is 0.240. The van der Waals surface area contributed by atoms with Gasteiger partial charge in [-0.3, -0.25) is 13.8 Å². The van der Waals surface area contributed by atoms with Crippen LogP contribution in [0.25, 0.3) is 0 Å². The molecule has 0 aliphatic rings. The molecule has 0 aromatic heterocycles. The first-order valence-corrected chi connectivity index (χ1v) is 14.1. The summed E-state index contributed by atoms with van der Waals surface area (Å²) >= 11 is 0. The normalized spacial score (nSPS) is 11.7. The Morgan fingerprint density at radius 2 is 1.37 bits per heavy atom. The highest BCUT2D eigenvalue weighted by molar-refractivity contribution is 7.92. The Labute approximate surface area is 207 Å². The molecule has 186 valence electrons. The maximum Gasteiger partial charge on any atom is 0.261 e. The molecular weight excluding hydrogens is 486 g/mol. The molecule has 3 aromatic rings. The summed E-state index contributed by atoms with van der Waals surface area (Å²) in [4.78, 5) is 12.7. The van der Waals surface area contributed by atoms with Crippen LogP contribution >= 0.6 is 0 Å². The summed E-state index contributed by atoms with van der Waals surface area (Å²) in [5.41, 5.74) is 4.63. The lowest BCUT2D eigenvalue weighted by molar-refractivity contribution is -0.114. The number of hydrogen-bond donors (Lipinski definition) is 2. The summed E-state index contributed by atoms with van der Waals surface area (Å²) in [6.07, 6.45) is 1.04. The molecule has 0 aliphatic carbocycles. The van der Waals surface area contributed by atoms with Gasteiger partial charge in [0.1, 0.15) is 6.54 Å². The highest BCUT2D eigenvalue weighted by Crippen LogP contribution is 2.25. The van der Waals surface area contributed by atoms with Crippen LogP contribution in [-0.2, 0) is 24.8 Å². The van der Waals surface area contributed by atoms with Crippen molar-refractivity contribution in [3.05, 3.63) is 82.9 Å². The second-order valence-electron chi connectivity index (χ2n) is 8.56. The molecule has 0 aliphatic heterocycles. The van der Waals surface area contributed by atoms with Gasteiger partial charge < -0.3 is 5.32 Å². The summed E-state index contributed by atoms with van der Waals surface area (Å²) in [5, 5.41) is 2.63. The molecule has 0 radical (unpaired) electrons. The van der Waals surface area contributed by atoms with Crippen LogP contribution in [0.1, 0.15) is 22.3 Å². The minimum Gasteiger partial charge on any atom is -0.325 e. The number of carbonyl (C=O) groups excluding carboxylic acids is 1. The molecule has 35 heavy (non-hydrogen) atoms. The molecule has 0 spiro atoms. The fourth-order valence-corrected chi connectivity index (χ4v) is 5.75. The van der Waals surface area contributed by atoms with Gasteiger partial charge in [0, 0.05) is 5.69 Å². The van der Waals surface area contributed by atoms with E-state index in [0.717, 1.165) is 32.8 Å². The number of nitrogens with zero attached hydrogens (tertiary/aromatic N) is 1. The Kier molecular flexibility index (Phi) is 7.56. The van der Waals surface area contributed by atoms with Crippen molar-refractivity contribution in [2.24, 2.45) is 0 Å². The fourth-order valence-electron chi connectivity index (χ4n) is 3.71. The van der Waals surface area contributed by atoms with Gasteiger partial charge in [0.2, 0.25) is 15.9 Å². The number of nitrogens with one attached hydrogen (secondary N) is 2. The van der Waals surface area contributed by atoms with Crippen molar-refractivity contribution in [3.63, 3.8) is 0 Å².